The number of hydrogen-bond donors (Lipinski definition) is 1. The number of benzene rings is 1. The molecule has 0 saturated heterocycles. The fraction of sp³-hybridized carbons (Fsp3) is 0.263. The molecule has 0 bridgehead atoms. The predicted molar refractivity (Wildman–Crippen MR) is 93.8 cm³/mol. The van der Waals surface area contributed by atoms with Crippen molar-refractivity contribution in [2.24, 2.45) is 0 Å². The normalized spacial score (nSPS) is 12.0. The minimum Gasteiger partial charge on any atom is -0.448 e. The van der Waals surface area contributed by atoms with E-state index in [1.54, 1.807) is 20.8 Å². The monoisotopic (exact) mass is 353 g/mol. The Labute approximate surface area is 150 Å². The number of rotatable bonds is 5. The lowest BCUT2D eigenvalue weighted by atomic mass is 10.1. The van der Waals surface area contributed by atoms with Gasteiger partial charge in [0.2, 0.25) is 5.89 Å². The number of aryl methyl sites for hydroxylation is 1. The van der Waals surface area contributed by atoms with Crippen LogP contribution in [0.2, 0.25) is 0 Å². The highest BCUT2D eigenvalue weighted by Crippen LogP contribution is 2.24. The second kappa shape index (κ2) is 6.95. The van der Waals surface area contributed by atoms with Gasteiger partial charge in [0.05, 0.1) is 0 Å². The highest BCUT2D eigenvalue weighted by Gasteiger charge is 2.24. The van der Waals surface area contributed by atoms with E-state index in [0.29, 0.717) is 22.7 Å². The summed E-state index contributed by atoms with van der Waals surface area (Å²) in [6.45, 7) is 6.57. The Morgan fingerprint density at radius 2 is 1.85 bits per heavy atom. The topological polar surface area (TPSA) is 98.1 Å². The third-order valence-electron chi connectivity index (χ3n) is 4.09. The Hall–Kier alpha value is -3.22. The first-order valence-electron chi connectivity index (χ1n) is 8.18. The van der Waals surface area contributed by atoms with Crippen LogP contribution in [-0.2, 0) is 4.74 Å². The van der Waals surface area contributed by atoms with Crippen molar-refractivity contribution < 1.29 is 18.7 Å². The maximum atomic E-state index is 12.5. The number of carbonyl (C=O) groups excluding carboxylic acids is 2. The first-order valence-corrected chi connectivity index (χ1v) is 8.18. The van der Waals surface area contributed by atoms with Crippen LogP contribution in [0.3, 0.4) is 0 Å². The van der Waals surface area contributed by atoms with Crippen molar-refractivity contribution >= 4 is 11.8 Å². The second-order valence-corrected chi connectivity index (χ2v) is 6.04. The van der Waals surface area contributed by atoms with Gasteiger partial charge >= 0.3 is 5.97 Å². The zero-order chi connectivity index (χ0) is 18.8. The molecular weight excluding hydrogens is 334 g/mol. The van der Waals surface area contributed by atoms with Gasteiger partial charge in [-0.05, 0) is 45.4 Å². The molecule has 0 aliphatic heterocycles. The second-order valence-electron chi connectivity index (χ2n) is 6.04. The quantitative estimate of drug-likeness (QED) is 0.553. The molecule has 0 unspecified atom stereocenters. The molecule has 0 spiro atoms. The van der Waals surface area contributed by atoms with Crippen LogP contribution < -0.4 is 0 Å². The third-order valence-corrected chi connectivity index (χ3v) is 4.09. The van der Waals surface area contributed by atoms with E-state index in [1.807, 2.05) is 30.3 Å². The average molecular weight is 353 g/mol. The number of hydrogen-bond acceptors (Lipinski definition) is 6. The van der Waals surface area contributed by atoms with Crippen molar-refractivity contribution in [1.82, 2.24) is 15.2 Å². The van der Waals surface area contributed by atoms with E-state index in [1.165, 1.54) is 6.92 Å². The van der Waals surface area contributed by atoms with Gasteiger partial charge in [-0.1, -0.05) is 18.2 Å². The maximum absolute atomic E-state index is 12.5. The first kappa shape index (κ1) is 17.6. The van der Waals surface area contributed by atoms with E-state index in [-0.39, 0.29) is 17.4 Å². The first-order chi connectivity index (χ1) is 12.4. The summed E-state index contributed by atoms with van der Waals surface area (Å²) in [5, 5.41) is 7.94. The van der Waals surface area contributed by atoms with Crippen molar-refractivity contribution in [3.8, 4) is 11.5 Å². The molecule has 26 heavy (non-hydrogen) atoms. The Morgan fingerprint density at radius 1 is 1.15 bits per heavy atom. The zero-order valence-corrected chi connectivity index (χ0v) is 15.0. The Morgan fingerprint density at radius 3 is 2.46 bits per heavy atom. The minimum absolute atomic E-state index is 0.104. The van der Waals surface area contributed by atoms with Crippen LogP contribution in [0, 0.1) is 13.8 Å². The number of H-pyrrole nitrogens is 1. The summed E-state index contributed by atoms with van der Waals surface area (Å²) in [6, 6.07) is 9.32. The van der Waals surface area contributed by atoms with E-state index in [2.05, 4.69) is 15.2 Å². The summed E-state index contributed by atoms with van der Waals surface area (Å²) in [5.74, 6) is -0.128. The number of aromatic amines is 1. The zero-order valence-electron chi connectivity index (χ0n) is 15.0. The highest BCUT2D eigenvalue weighted by atomic mass is 16.6. The van der Waals surface area contributed by atoms with Gasteiger partial charge in [0.1, 0.15) is 5.69 Å². The molecule has 0 saturated carbocycles. The van der Waals surface area contributed by atoms with Crippen LogP contribution in [0.25, 0.3) is 11.5 Å². The summed E-state index contributed by atoms with van der Waals surface area (Å²) in [7, 11) is 0. The fourth-order valence-electron chi connectivity index (χ4n) is 2.85. The number of Topliss-reactive ketones (excluding diaryl/α,β-unsaturated/α-hetero) is 1. The van der Waals surface area contributed by atoms with E-state index >= 15 is 0 Å². The SMILES string of the molecule is CC(=O)c1c(C)[nH]c(C(=O)O[C@H](C)c2nnc(-c3ccccc3)o2)c1C. The molecule has 0 amide bonds. The molecule has 0 aliphatic rings. The van der Waals surface area contributed by atoms with Crippen LogP contribution in [0.15, 0.2) is 34.7 Å². The molecule has 1 atom stereocenters. The lowest BCUT2D eigenvalue weighted by Crippen LogP contribution is -2.11. The molecule has 3 rings (SSSR count). The van der Waals surface area contributed by atoms with Gasteiger partial charge in [-0.2, -0.15) is 0 Å². The number of nitrogens with zero attached hydrogens (tertiary/aromatic N) is 2. The number of nitrogens with one attached hydrogen (secondary N) is 1. The van der Waals surface area contributed by atoms with Crippen molar-refractivity contribution in [1.29, 1.82) is 0 Å². The summed E-state index contributed by atoms with van der Waals surface area (Å²) in [5.41, 5.74) is 2.75. The molecule has 2 heterocycles. The van der Waals surface area contributed by atoms with Gasteiger partial charge in [-0.3, -0.25) is 4.79 Å². The van der Waals surface area contributed by atoms with E-state index in [4.69, 9.17) is 9.15 Å². The van der Waals surface area contributed by atoms with Crippen molar-refractivity contribution in [3.05, 3.63) is 58.7 Å². The van der Waals surface area contributed by atoms with Crippen LogP contribution in [0.5, 0.6) is 0 Å². The van der Waals surface area contributed by atoms with Gasteiger partial charge < -0.3 is 14.1 Å². The van der Waals surface area contributed by atoms with Crippen LogP contribution in [0.4, 0.5) is 0 Å². The van der Waals surface area contributed by atoms with Crippen LogP contribution in [-0.4, -0.2) is 26.9 Å². The maximum Gasteiger partial charge on any atom is 0.355 e. The molecule has 1 N–H and O–H groups in total. The number of carbonyl (C=O) groups is 2. The Bertz CT molecular complexity index is 957. The van der Waals surface area contributed by atoms with Crippen molar-refractivity contribution in [2.75, 3.05) is 0 Å². The Kier molecular flexibility index (Phi) is 4.71. The van der Waals surface area contributed by atoms with E-state index in [9.17, 15) is 9.59 Å². The van der Waals surface area contributed by atoms with Gasteiger partial charge in [0.15, 0.2) is 11.9 Å². The molecule has 0 aliphatic carbocycles. The van der Waals surface area contributed by atoms with E-state index in [0.717, 1.165) is 5.56 Å². The van der Waals surface area contributed by atoms with Crippen LogP contribution in [0.1, 0.15) is 57.9 Å². The standard InChI is InChI=1S/C19H19N3O4/c1-10-15(12(3)23)11(2)20-16(10)19(24)25-13(4)17-21-22-18(26-17)14-8-6-5-7-9-14/h5-9,13,20H,1-4H3/t13-/m1/s1. The van der Waals surface area contributed by atoms with Crippen LogP contribution >= 0.6 is 0 Å². The summed E-state index contributed by atoms with van der Waals surface area (Å²) in [4.78, 5) is 27.1. The van der Waals surface area contributed by atoms with Gasteiger partial charge in [-0.15, -0.1) is 10.2 Å². The number of aromatic nitrogens is 3. The molecule has 0 radical (unpaired) electrons. The smallest absolute Gasteiger partial charge is 0.355 e. The van der Waals surface area contributed by atoms with Crippen molar-refractivity contribution in [3.63, 3.8) is 0 Å². The number of ketones is 1. The summed E-state index contributed by atoms with van der Waals surface area (Å²) >= 11 is 0. The third kappa shape index (κ3) is 3.28. The molecule has 2 aromatic heterocycles. The molecule has 7 nitrogen and oxygen atoms in total. The lowest BCUT2D eigenvalue weighted by molar-refractivity contribution is 0.0272. The summed E-state index contributed by atoms with van der Waals surface area (Å²) < 4.78 is 11.0. The average Bonchev–Trinajstić information content (AvgIpc) is 3.20. The van der Waals surface area contributed by atoms with Gasteiger partial charge in [-0.25, -0.2) is 4.79 Å². The molecule has 1 aromatic carbocycles. The minimum atomic E-state index is -0.726. The fourth-order valence-corrected chi connectivity index (χ4v) is 2.85. The van der Waals surface area contributed by atoms with Crippen molar-refractivity contribution in [2.45, 2.75) is 33.8 Å². The number of ether oxygens (including phenoxy) is 1. The Balaban J connectivity index is 1.77. The predicted octanol–water partition coefficient (Wildman–Crippen LogP) is 3.80. The summed E-state index contributed by atoms with van der Waals surface area (Å²) in [6.07, 6.45) is -0.726. The number of esters is 1. The lowest BCUT2D eigenvalue weighted by Gasteiger charge is -2.09. The molecule has 134 valence electrons. The largest absolute Gasteiger partial charge is 0.448 e. The van der Waals surface area contributed by atoms with E-state index < -0.39 is 12.1 Å². The molecule has 7 heteroatoms. The highest BCUT2D eigenvalue weighted by molar-refractivity contribution is 6.01. The van der Waals surface area contributed by atoms with Gasteiger partial charge in [0, 0.05) is 16.8 Å². The molecule has 0 fully saturated rings. The molecular formula is C19H19N3O4. The van der Waals surface area contributed by atoms with Gasteiger partial charge in [0.25, 0.3) is 5.89 Å². The molecule has 3 aromatic rings.